The molecule has 1 atom stereocenters. The average Bonchev–Trinajstić information content (AvgIpc) is 2.30. The molecule has 2 rings (SSSR count). The minimum Gasteiger partial charge on any atom is -0.494 e. The number of benzene rings is 1. The Kier molecular flexibility index (Phi) is 3.57. The van der Waals surface area contributed by atoms with E-state index in [0.717, 1.165) is 17.9 Å². The van der Waals surface area contributed by atoms with E-state index in [1.807, 2.05) is 31.2 Å². The van der Waals surface area contributed by atoms with Crippen LogP contribution >= 0.6 is 0 Å². The zero-order chi connectivity index (χ0) is 11.4. The Balaban J connectivity index is 2.05. The molecule has 1 unspecified atom stereocenters. The SMILES string of the molecule is CCOc1ccc(C2CC(=O)CCN2)cc1. The number of piperidine rings is 1. The molecular formula is C13H17NO2. The van der Waals surface area contributed by atoms with Crippen molar-refractivity contribution in [3.05, 3.63) is 29.8 Å². The molecule has 0 radical (unpaired) electrons. The van der Waals surface area contributed by atoms with Crippen LogP contribution in [-0.4, -0.2) is 18.9 Å². The van der Waals surface area contributed by atoms with Gasteiger partial charge in [0.25, 0.3) is 0 Å². The van der Waals surface area contributed by atoms with Crippen LogP contribution in [0.3, 0.4) is 0 Å². The molecule has 16 heavy (non-hydrogen) atoms. The van der Waals surface area contributed by atoms with Crippen molar-refractivity contribution < 1.29 is 9.53 Å². The standard InChI is InChI=1S/C13H17NO2/c1-2-16-12-5-3-10(4-6-12)13-9-11(15)7-8-14-13/h3-6,13-14H,2,7-9H2,1H3. The smallest absolute Gasteiger partial charge is 0.136 e. The number of carbonyl (C=O) groups is 1. The van der Waals surface area contributed by atoms with Crippen molar-refractivity contribution in [2.45, 2.75) is 25.8 Å². The first-order valence-corrected chi connectivity index (χ1v) is 5.77. The van der Waals surface area contributed by atoms with Crippen molar-refractivity contribution in [2.24, 2.45) is 0 Å². The van der Waals surface area contributed by atoms with Gasteiger partial charge in [-0.25, -0.2) is 0 Å². The maximum Gasteiger partial charge on any atom is 0.136 e. The Morgan fingerprint density at radius 1 is 1.38 bits per heavy atom. The van der Waals surface area contributed by atoms with Crippen LogP contribution in [-0.2, 0) is 4.79 Å². The zero-order valence-electron chi connectivity index (χ0n) is 9.53. The summed E-state index contributed by atoms with van der Waals surface area (Å²) in [5.74, 6) is 1.23. The van der Waals surface area contributed by atoms with Gasteiger partial charge < -0.3 is 10.1 Å². The van der Waals surface area contributed by atoms with E-state index in [4.69, 9.17) is 4.74 Å². The van der Waals surface area contributed by atoms with E-state index < -0.39 is 0 Å². The maximum atomic E-state index is 11.4. The van der Waals surface area contributed by atoms with Crippen molar-refractivity contribution in [1.29, 1.82) is 0 Å². The normalized spacial score (nSPS) is 20.8. The quantitative estimate of drug-likeness (QED) is 0.845. The van der Waals surface area contributed by atoms with Gasteiger partial charge in [0.15, 0.2) is 0 Å². The lowest BCUT2D eigenvalue weighted by Gasteiger charge is -2.23. The lowest BCUT2D eigenvalue weighted by Crippen LogP contribution is -2.31. The molecular weight excluding hydrogens is 202 g/mol. The Bertz CT molecular complexity index is 359. The number of hydrogen-bond acceptors (Lipinski definition) is 3. The van der Waals surface area contributed by atoms with Crippen molar-refractivity contribution >= 4 is 5.78 Å². The van der Waals surface area contributed by atoms with E-state index in [-0.39, 0.29) is 6.04 Å². The monoisotopic (exact) mass is 219 g/mol. The first-order chi connectivity index (χ1) is 7.79. The van der Waals surface area contributed by atoms with E-state index >= 15 is 0 Å². The van der Waals surface area contributed by atoms with Crippen LogP contribution in [0, 0.1) is 0 Å². The molecule has 1 aromatic carbocycles. The summed E-state index contributed by atoms with van der Waals surface area (Å²) in [6.07, 6.45) is 1.27. The molecule has 0 saturated carbocycles. The Hall–Kier alpha value is -1.35. The summed E-state index contributed by atoms with van der Waals surface area (Å²) in [5, 5.41) is 3.36. The molecule has 1 aliphatic rings. The average molecular weight is 219 g/mol. The van der Waals surface area contributed by atoms with Crippen LogP contribution in [0.1, 0.15) is 31.4 Å². The molecule has 0 bridgehead atoms. The number of nitrogens with one attached hydrogen (secondary N) is 1. The van der Waals surface area contributed by atoms with Crippen LogP contribution in [0.15, 0.2) is 24.3 Å². The highest BCUT2D eigenvalue weighted by Crippen LogP contribution is 2.23. The molecule has 0 amide bonds. The predicted octanol–water partition coefficient (Wildman–Crippen LogP) is 2.08. The predicted molar refractivity (Wildman–Crippen MR) is 62.6 cm³/mol. The number of hydrogen-bond donors (Lipinski definition) is 1. The molecule has 1 saturated heterocycles. The van der Waals surface area contributed by atoms with Gasteiger partial charge in [-0.15, -0.1) is 0 Å². The molecule has 1 N–H and O–H groups in total. The minimum absolute atomic E-state index is 0.178. The van der Waals surface area contributed by atoms with Crippen molar-refractivity contribution in [1.82, 2.24) is 5.32 Å². The molecule has 1 aromatic rings. The Labute approximate surface area is 95.8 Å². The van der Waals surface area contributed by atoms with Gasteiger partial charge in [-0.3, -0.25) is 4.79 Å². The lowest BCUT2D eigenvalue weighted by molar-refractivity contribution is -0.120. The van der Waals surface area contributed by atoms with Crippen LogP contribution in [0.4, 0.5) is 0 Å². The summed E-state index contributed by atoms with van der Waals surface area (Å²) in [5.41, 5.74) is 1.16. The van der Waals surface area contributed by atoms with E-state index in [0.29, 0.717) is 25.2 Å². The largest absolute Gasteiger partial charge is 0.494 e. The van der Waals surface area contributed by atoms with E-state index in [2.05, 4.69) is 5.32 Å². The van der Waals surface area contributed by atoms with Crippen molar-refractivity contribution in [3.8, 4) is 5.75 Å². The number of carbonyl (C=O) groups excluding carboxylic acids is 1. The fourth-order valence-corrected chi connectivity index (χ4v) is 1.99. The summed E-state index contributed by atoms with van der Waals surface area (Å²) in [7, 11) is 0. The highest BCUT2D eigenvalue weighted by atomic mass is 16.5. The highest BCUT2D eigenvalue weighted by molar-refractivity contribution is 5.80. The molecule has 1 aliphatic heterocycles. The third-order valence-corrected chi connectivity index (χ3v) is 2.82. The number of Topliss-reactive ketones (excluding diaryl/α,β-unsaturated/α-hetero) is 1. The summed E-state index contributed by atoms with van der Waals surface area (Å²) in [6.45, 7) is 3.44. The molecule has 0 aromatic heterocycles. The third-order valence-electron chi connectivity index (χ3n) is 2.82. The van der Waals surface area contributed by atoms with Gasteiger partial charge in [-0.2, -0.15) is 0 Å². The number of rotatable bonds is 3. The van der Waals surface area contributed by atoms with Crippen LogP contribution in [0.2, 0.25) is 0 Å². The van der Waals surface area contributed by atoms with Gasteiger partial charge in [-0.05, 0) is 24.6 Å². The third kappa shape index (κ3) is 2.61. The summed E-state index contributed by atoms with van der Waals surface area (Å²) >= 11 is 0. The fourth-order valence-electron chi connectivity index (χ4n) is 1.99. The van der Waals surface area contributed by atoms with Gasteiger partial charge >= 0.3 is 0 Å². The topological polar surface area (TPSA) is 38.3 Å². The first-order valence-electron chi connectivity index (χ1n) is 5.77. The lowest BCUT2D eigenvalue weighted by atomic mass is 9.97. The van der Waals surface area contributed by atoms with E-state index in [9.17, 15) is 4.79 Å². The minimum atomic E-state index is 0.178. The molecule has 0 spiro atoms. The van der Waals surface area contributed by atoms with Gasteiger partial charge in [0.2, 0.25) is 0 Å². The second-order valence-electron chi connectivity index (χ2n) is 4.00. The van der Waals surface area contributed by atoms with Gasteiger partial charge in [0, 0.05) is 25.4 Å². The maximum absolute atomic E-state index is 11.4. The van der Waals surface area contributed by atoms with Crippen molar-refractivity contribution in [2.75, 3.05) is 13.2 Å². The Morgan fingerprint density at radius 3 is 2.75 bits per heavy atom. The van der Waals surface area contributed by atoms with E-state index in [1.54, 1.807) is 0 Å². The number of ketones is 1. The van der Waals surface area contributed by atoms with Crippen LogP contribution < -0.4 is 10.1 Å². The van der Waals surface area contributed by atoms with Crippen LogP contribution in [0.25, 0.3) is 0 Å². The molecule has 86 valence electrons. The van der Waals surface area contributed by atoms with Crippen molar-refractivity contribution in [3.63, 3.8) is 0 Å². The number of ether oxygens (including phenoxy) is 1. The molecule has 3 nitrogen and oxygen atoms in total. The van der Waals surface area contributed by atoms with Crippen LogP contribution in [0.5, 0.6) is 5.75 Å². The molecule has 0 aliphatic carbocycles. The zero-order valence-corrected chi connectivity index (χ0v) is 9.53. The van der Waals surface area contributed by atoms with Gasteiger partial charge in [-0.1, -0.05) is 12.1 Å². The summed E-state index contributed by atoms with van der Waals surface area (Å²) in [6, 6.07) is 8.15. The molecule has 3 heteroatoms. The van der Waals surface area contributed by atoms with Gasteiger partial charge in [0.1, 0.15) is 11.5 Å². The highest BCUT2D eigenvalue weighted by Gasteiger charge is 2.19. The Morgan fingerprint density at radius 2 is 2.12 bits per heavy atom. The molecule has 1 fully saturated rings. The van der Waals surface area contributed by atoms with E-state index in [1.165, 1.54) is 0 Å². The molecule has 1 heterocycles. The fraction of sp³-hybridized carbons (Fsp3) is 0.462. The summed E-state index contributed by atoms with van der Waals surface area (Å²) in [4.78, 5) is 11.4. The second-order valence-corrected chi connectivity index (χ2v) is 4.00. The first kappa shape index (κ1) is 11.1. The van der Waals surface area contributed by atoms with Gasteiger partial charge in [0.05, 0.1) is 6.61 Å². The second kappa shape index (κ2) is 5.12. The summed E-state index contributed by atoms with van der Waals surface area (Å²) < 4.78 is 5.38.